The predicted molar refractivity (Wildman–Crippen MR) is 71.4 cm³/mol. The third-order valence-electron chi connectivity index (χ3n) is 3.42. The van der Waals surface area contributed by atoms with Gasteiger partial charge in [0.2, 0.25) is 0 Å². The Kier molecular flexibility index (Phi) is 3.85. The largest absolute Gasteiger partial charge is 0.493 e. The summed E-state index contributed by atoms with van der Waals surface area (Å²) in [5.41, 5.74) is 2.55. The van der Waals surface area contributed by atoms with Gasteiger partial charge in [0.15, 0.2) is 0 Å². The zero-order chi connectivity index (χ0) is 12.3. The second kappa shape index (κ2) is 5.37. The van der Waals surface area contributed by atoms with Crippen molar-refractivity contribution in [1.29, 1.82) is 0 Å². The van der Waals surface area contributed by atoms with Gasteiger partial charge in [-0.15, -0.1) is 6.58 Å². The van der Waals surface area contributed by atoms with Gasteiger partial charge in [0, 0.05) is 12.0 Å². The molecule has 0 saturated heterocycles. The summed E-state index contributed by atoms with van der Waals surface area (Å²) in [5.74, 6) is 1.58. The molecule has 2 unspecified atom stereocenters. The van der Waals surface area contributed by atoms with Crippen molar-refractivity contribution < 1.29 is 4.74 Å². The number of hydrogen-bond acceptors (Lipinski definition) is 2. The Hall–Kier alpha value is -1.28. The molecule has 0 amide bonds. The highest BCUT2D eigenvalue weighted by molar-refractivity contribution is 5.35. The summed E-state index contributed by atoms with van der Waals surface area (Å²) in [6, 6.07) is 8.79. The minimum atomic E-state index is 0.459. The maximum absolute atomic E-state index is 5.83. The predicted octanol–water partition coefficient (Wildman–Crippen LogP) is 2.79. The number of fused-ring (bicyclic) bond motifs is 1. The van der Waals surface area contributed by atoms with Crippen LogP contribution in [0, 0.1) is 5.92 Å². The van der Waals surface area contributed by atoms with Crippen molar-refractivity contribution in [3.8, 4) is 5.75 Å². The molecular weight excluding hydrogens is 210 g/mol. The first kappa shape index (κ1) is 12.2. The molecule has 1 N–H and O–H groups in total. The Labute approximate surface area is 104 Å². The van der Waals surface area contributed by atoms with E-state index in [1.807, 2.05) is 13.1 Å². The number of para-hydroxylation sites is 1. The van der Waals surface area contributed by atoms with E-state index in [-0.39, 0.29) is 0 Å². The van der Waals surface area contributed by atoms with Crippen molar-refractivity contribution in [2.24, 2.45) is 5.92 Å². The first-order valence-corrected chi connectivity index (χ1v) is 6.23. The summed E-state index contributed by atoms with van der Waals surface area (Å²) in [6.45, 7) is 6.89. The van der Waals surface area contributed by atoms with Crippen LogP contribution in [0.1, 0.15) is 18.9 Å². The molecule has 0 spiro atoms. The van der Waals surface area contributed by atoms with E-state index in [1.165, 1.54) is 11.1 Å². The topological polar surface area (TPSA) is 21.3 Å². The van der Waals surface area contributed by atoms with Crippen molar-refractivity contribution in [2.45, 2.75) is 25.8 Å². The zero-order valence-corrected chi connectivity index (χ0v) is 10.7. The van der Waals surface area contributed by atoms with Gasteiger partial charge in [0.25, 0.3) is 0 Å². The second-order valence-electron chi connectivity index (χ2n) is 4.94. The van der Waals surface area contributed by atoms with Crippen LogP contribution in [0.5, 0.6) is 5.75 Å². The highest BCUT2D eigenvalue weighted by atomic mass is 16.5. The molecule has 0 aromatic heterocycles. The second-order valence-corrected chi connectivity index (χ2v) is 4.94. The number of rotatable bonds is 4. The van der Waals surface area contributed by atoms with Crippen LogP contribution in [0.2, 0.25) is 0 Å². The molecule has 1 heterocycles. The minimum Gasteiger partial charge on any atom is -0.493 e. The summed E-state index contributed by atoms with van der Waals surface area (Å²) in [4.78, 5) is 0. The van der Waals surface area contributed by atoms with Crippen molar-refractivity contribution in [2.75, 3.05) is 13.7 Å². The first-order chi connectivity index (χ1) is 8.20. The van der Waals surface area contributed by atoms with Gasteiger partial charge in [-0.3, -0.25) is 0 Å². The van der Waals surface area contributed by atoms with Crippen LogP contribution in [0.25, 0.3) is 0 Å². The Balaban J connectivity index is 2.08. The summed E-state index contributed by atoms with van der Waals surface area (Å²) in [5, 5.41) is 3.39. The smallest absolute Gasteiger partial charge is 0.122 e. The third kappa shape index (κ3) is 2.89. The fourth-order valence-electron chi connectivity index (χ4n) is 2.49. The van der Waals surface area contributed by atoms with Gasteiger partial charge in [0.1, 0.15) is 5.75 Å². The molecule has 2 atom stereocenters. The third-order valence-corrected chi connectivity index (χ3v) is 3.42. The Morgan fingerprint density at radius 2 is 2.29 bits per heavy atom. The van der Waals surface area contributed by atoms with E-state index in [4.69, 9.17) is 4.74 Å². The molecule has 0 aliphatic carbocycles. The molecule has 1 aliphatic heterocycles. The summed E-state index contributed by atoms with van der Waals surface area (Å²) in [6.07, 6.45) is 2.11. The fraction of sp³-hybridized carbons (Fsp3) is 0.467. The van der Waals surface area contributed by atoms with Crippen molar-refractivity contribution in [3.05, 3.63) is 42.0 Å². The van der Waals surface area contributed by atoms with Crippen LogP contribution < -0.4 is 10.1 Å². The van der Waals surface area contributed by atoms with E-state index in [1.54, 1.807) is 0 Å². The quantitative estimate of drug-likeness (QED) is 0.805. The van der Waals surface area contributed by atoms with Gasteiger partial charge in [-0.25, -0.2) is 0 Å². The molecule has 1 aromatic carbocycles. The first-order valence-electron chi connectivity index (χ1n) is 6.23. The summed E-state index contributed by atoms with van der Waals surface area (Å²) in [7, 11) is 2.02. The van der Waals surface area contributed by atoms with Crippen LogP contribution in [-0.2, 0) is 6.42 Å². The van der Waals surface area contributed by atoms with E-state index in [9.17, 15) is 0 Å². The van der Waals surface area contributed by atoms with Gasteiger partial charge in [-0.2, -0.15) is 0 Å². The van der Waals surface area contributed by atoms with Crippen LogP contribution in [0.3, 0.4) is 0 Å². The molecule has 0 bridgehead atoms. The number of hydrogen-bond donors (Lipinski definition) is 1. The van der Waals surface area contributed by atoms with Crippen molar-refractivity contribution in [3.63, 3.8) is 0 Å². The Morgan fingerprint density at radius 3 is 3.00 bits per heavy atom. The van der Waals surface area contributed by atoms with Crippen molar-refractivity contribution in [1.82, 2.24) is 5.32 Å². The molecule has 92 valence electrons. The maximum Gasteiger partial charge on any atom is 0.122 e. The molecule has 0 saturated carbocycles. The van der Waals surface area contributed by atoms with Gasteiger partial charge >= 0.3 is 0 Å². The molecule has 0 radical (unpaired) electrons. The van der Waals surface area contributed by atoms with E-state index in [0.717, 1.165) is 25.2 Å². The van der Waals surface area contributed by atoms with Gasteiger partial charge in [0.05, 0.1) is 6.61 Å². The fourth-order valence-corrected chi connectivity index (χ4v) is 2.49. The van der Waals surface area contributed by atoms with Crippen LogP contribution in [-0.4, -0.2) is 19.7 Å². The van der Waals surface area contributed by atoms with E-state index in [0.29, 0.717) is 12.0 Å². The monoisotopic (exact) mass is 231 g/mol. The lowest BCUT2D eigenvalue weighted by molar-refractivity contribution is 0.187. The van der Waals surface area contributed by atoms with E-state index >= 15 is 0 Å². The lowest BCUT2D eigenvalue weighted by atomic mass is 9.87. The van der Waals surface area contributed by atoms with E-state index in [2.05, 4.69) is 37.0 Å². The SMILES string of the molecule is C=C(C)CC(NC)C1COc2ccccc2C1. The lowest BCUT2D eigenvalue weighted by Crippen LogP contribution is -2.40. The summed E-state index contributed by atoms with van der Waals surface area (Å²) >= 11 is 0. The Morgan fingerprint density at radius 1 is 1.53 bits per heavy atom. The van der Waals surface area contributed by atoms with Crippen molar-refractivity contribution >= 4 is 0 Å². The standard InChI is InChI=1S/C15H21NO/c1-11(2)8-14(16-3)13-9-12-6-4-5-7-15(12)17-10-13/h4-7,13-14,16H,1,8-10H2,2-3H3. The van der Waals surface area contributed by atoms with E-state index < -0.39 is 0 Å². The minimum absolute atomic E-state index is 0.459. The highest BCUT2D eigenvalue weighted by Gasteiger charge is 2.26. The van der Waals surface area contributed by atoms with Gasteiger partial charge < -0.3 is 10.1 Å². The molecule has 2 heteroatoms. The maximum atomic E-state index is 5.83. The number of ether oxygens (including phenoxy) is 1. The van der Waals surface area contributed by atoms with Gasteiger partial charge in [-0.1, -0.05) is 23.8 Å². The van der Waals surface area contributed by atoms with Crippen LogP contribution in [0.4, 0.5) is 0 Å². The average Bonchev–Trinajstić information content (AvgIpc) is 2.35. The lowest BCUT2D eigenvalue weighted by Gasteiger charge is -2.31. The highest BCUT2D eigenvalue weighted by Crippen LogP contribution is 2.29. The zero-order valence-electron chi connectivity index (χ0n) is 10.7. The molecule has 1 aliphatic rings. The number of benzene rings is 1. The van der Waals surface area contributed by atoms with Crippen LogP contribution in [0.15, 0.2) is 36.4 Å². The molecule has 2 nitrogen and oxygen atoms in total. The Bertz CT molecular complexity index is 400. The molecular formula is C15H21NO. The normalized spacial score (nSPS) is 20.2. The number of nitrogens with one attached hydrogen (secondary N) is 1. The molecule has 1 aromatic rings. The summed E-state index contributed by atoms with van der Waals surface area (Å²) < 4.78 is 5.83. The van der Waals surface area contributed by atoms with Gasteiger partial charge in [-0.05, 0) is 38.4 Å². The molecule has 2 rings (SSSR count). The molecule has 0 fully saturated rings. The average molecular weight is 231 g/mol. The molecule has 17 heavy (non-hydrogen) atoms. The van der Waals surface area contributed by atoms with Crippen LogP contribution >= 0.6 is 0 Å².